The van der Waals surface area contributed by atoms with Gasteiger partial charge in [0, 0.05) is 0 Å². The summed E-state index contributed by atoms with van der Waals surface area (Å²) in [7, 11) is 0. The lowest BCUT2D eigenvalue weighted by Gasteiger charge is -2.24. The fourth-order valence-electron chi connectivity index (χ4n) is 1.67. The molecule has 0 spiro atoms. The molecule has 1 aliphatic carbocycles. The van der Waals surface area contributed by atoms with E-state index in [1.807, 2.05) is 0 Å². The van der Waals surface area contributed by atoms with Crippen molar-refractivity contribution in [3.63, 3.8) is 0 Å². The lowest BCUT2D eigenvalue weighted by atomic mass is 9.81. The fraction of sp³-hybridized carbons (Fsp3) is 0.778. The van der Waals surface area contributed by atoms with Gasteiger partial charge in [-0.25, -0.2) is 0 Å². The number of hydrogen-bond donors (Lipinski definition) is 0. The minimum absolute atomic E-state index is 0.481. The summed E-state index contributed by atoms with van der Waals surface area (Å²) < 4.78 is 0. The first kappa shape index (κ1) is 6.85. The summed E-state index contributed by atoms with van der Waals surface area (Å²) in [6.45, 7) is 6.93. The minimum atomic E-state index is 0.481. The highest BCUT2D eigenvalue weighted by Crippen LogP contribution is 2.38. The predicted molar refractivity (Wildman–Crippen MR) is 41.3 cm³/mol. The molecule has 0 aliphatic heterocycles. The molecular formula is C9H16. The highest BCUT2D eigenvalue weighted by Gasteiger charge is 2.27. The maximum absolute atomic E-state index is 2.35. The summed E-state index contributed by atoms with van der Waals surface area (Å²) in [4.78, 5) is 0. The molecule has 0 nitrogen and oxygen atoms in total. The van der Waals surface area contributed by atoms with Crippen molar-refractivity contribution < 1.29 is 0 Å². The summed E-state index contributed by atoms with van der Waals surface area (Å²) in [5, 5.41) is 0. The maximum atomic E-state index is 2.35. The average molecular weight is 124 g/mol. The SMILES string of the molecule is CCC1CC=CC1(C)C. The second kappa shape index (κ2) is 2.17. The Morgan fingerprint density at radius 3 is 2.44 bits per heavy atom. The van der Waals surface area contributed by atoms with Gasteiger partial charge >= 0.3 is 0 Å². The van der Waals surface area contributed by atoms with E-state index < -0.39 is 0 Å². The summed E-state index contributed by atoms with van der Waals surface area (Å²) >= 11 is 0. The first-order chi connectivity index (χ1) is 4.17. The molecule has 0 saturated carbocycles. The summed E-state index contributed by atoms with van der Waals surface area (Å²) in [6.07, 6.45) is 7.28. The van der Waals surface area contributed by atoms with Crippen LogP contribution in [-0.2, 0) is 0 Å². The van der Waals surface area contributed by atoms with Crippen LogP contribution < -0.4 is 0 Å². The van der Waals surface area contributed by atoms with Gasteiger partial charge in [-0.2, -0.15) is 0 Å². The second-order valence-electron chi connectivity index (χ2n) is 3.56. The van der Waals surface area contributed by atoms with Gasteiger partial charge < -0.3 is 0 Å². The van der Waals surface area contributed by atoms with Gasteiger partial charge in [-0.1, -0.05) is 39.3 Å². The highest BCUT2D eigenvalue weighted by atomic mass is 14.3. The first-order valence-electron chi connectivity index (χ1n) is 3.84. The van der Waals surface area contributed by atoms with Crippen LogP contribution in [0.5, 0.6) is 0 Å². The molecule has 1 unspecified atom stereocenters. The van der Waals surface area contributed by atoms with Crippen LogP contribution in [0.2, 0.25) is 0 Å². The number of allylic oxidation sites excluding steroid dienone is 2. The lowest BCUT2D eigenvalue weighted by molar-refractivity contribution is 0.300. The quantitative estimate of drug-likeness (QED) is 0.471. The van der Waals surface area contributed by atoms with Crippen molar-refractivity contribution in [1.82, 2.24) is 0 Å². The number of hydrogen-bond acceptors (Lipinski definition) is 0. The molecule has 0 N–H and O–H groups in total. The molecule has 0 bridgehead atoms. The van der Waals surface area contributed by atoms with Crippen molar-refractivity contribution in [2.75, 3.05) is 0 Å². The van der Waals surface area contributed by atoms with Crippen molar-refractivity contribution in [2.45, 2.75) is 33.6 Å². The molecule has 0 aromatic carbocycles. The van der Waals surface area contributed by atoms with Crippen molar-refractivity contribution >= 4 is 0 Å². The zero-order valence-electron chi connectivity index (χ0n) is 6.65. The Morgan fingerprint density at radius 1 is 1.56 bits per heavy atom. The Hall–Kier alpha value is -0.260. The molecular weight excluding hydrogens is 108 g/mol. The Morgan fingerprint density at radius 2 is 2.22 bits per heavy atom. The van der Waals surface area contributed by atoms with Gasteiger partial charge in [0.2, 0.25) is 0 Å². The Labute approximate surface area is 58.0 Å². The molecule has 0 heterocycles. The molecule has 1 atom stereocenters. The standard InChI is InChI=1S/C9H16/c1-4-8-6-5-7-9(8,2)3/h5,7-8H,4,6H2,1-3H3. The molecule has 9 heavy (non-hydrogen) atoms. The molecule has 1 rings (SSSR count). The summed E-state index contributed by atoms with van der Waals surface area (Å²) in [5.74, 6) is 0.900. The molecule has 0 saturated heterocycles. The molecule has 0 aromatic heterocycles. The molecule has 0 radical (unpaired) electrons. The zero-order chi connectivity index (χ0) is 6.91. The molecule has 0 aromatic rings. The van der Waals surface area contributed by atoms with E-state index in [1.54, 1.807) is 0 Å². The van der Waals surface area contributed by atoms with E-state index in [-0.39, 0.29) is 0 Å². The van der Waals surface area contributed by atoms with Gasteiger partial charge in [0.1, 0.15) is 0 Å². The topological polar surface area (TPSA) is 0 Å². The minimum Gasteiger partial charge on any atom is -0.0877 e. The van der Waals surface area contributed by atoms with Gasteiger partial charge in [0.25, 0.3) is 0 Å². The molecule has 1 aliphatic rings. The van der Waals surface area contributed by atoms with Crippen molar-refractivity contribution in [2.24, 2.45) is 11.3 Å². The molecule has 0 heteroatoms. The van der Waals surface area contributed by atoms with E-state index in [0.29, 0.717) is 5.41 Å². The van der Waals surface area contributed by atoms with E-state index in [1.165, 1.54) is 12.8 Å². The predicted octanol–water partition coefficient (Wildman–Crippen LogP) is 3.00. The average Bonchev–Trinajstić information content (AvgIpc) is 2.08. The first-order valence-corrected chi connectivity index (χ1v) is 3.84. The Kier molecular flexibility index (Phi) is 1.65. The third-order valence-electron chi connectivity index (χ3n) is 2.51. The van der Waals surface area contributed by atoms with Crippen molar-refractivity contribution in [3.8, 4) is 0 Å². The smallest absolute Gasteiger partial charge is 0.0144 e. The van der Waals surface area contributed by atoms with Gasteiger partial charge in [-0.05, 0) is 17.8 Å². The van der Waals surface area contributed by atoms with Crippen LogP contribution in [0.1, 0.15) is 33.6 Å². The molecule has 52 valence electrons. The van der Waals surface area contributed by atoms with Gasteiger partial charge in [0.15, 0.2) is 0 Å². The molecule has 0 amide bonds. The van der Waals surface area contributed by atoms with Gasteiger partial charge in [0.05, 0.1) is 0 Å². The van der Waals surface area contributed by atoms with Crippen LogP contribution in [0.25, 0.3) is 0 Å². The van der Waals surface area contributed by atoms with E-state index in [2.05, 4.69) is 32.9 Å². The second-order valence-corrected chi connectivity index (χ2v) is 3.56. The van der Waals surface area contributed by atoms with Crippen LogP contribution in [0.4, 0.5) is 0 Å². The summed E-state index contributed by atoms with van der Waals surface area (Å²) in [5.41, 5.74) is 0.481. The fourth-order valence-corrected chi connectivity index (χ4v) is 1.67. The van der Waals surface area contributed by atoms with Crippen LogP contribution in [0.15, 0.2) is 12.2 Å². The zero-order valence-corrected chi connectivity index (χ0v) is 6.65. The van der Waals surface area contributed by atoms with E-state index in [0.717, 1.165) is 5.92 Å². The Bertz CT molecular complexity index is 120. The monoisotopic (exact) mass is 124 g/mol. The third kappa shape index (κ3) is 1.17. The lowest BCUT2D eigenvalue weighted by Crippen LogP contribution is -2.15. The van der Waals surface area contributed by atoms with E-state index in [4.69, 9.17) is 0 Å². The van der Waals surface area contributed by atoms with E-state index >= 15 is 0 Å². The highest BCUT2D eigenvalue weighted by molar-refractivity contribution is 5.06. The van der Waals surface area contributed by atoms with Gasteiger partial charge in [-0.3, -0.25) is 0 Å². The Balaban J connectivity index is 2.60. The van der Waals surface area contributed by atoms with Crippen LogP contribution in [0, 0.1) is 11.3 Å². The third-order valence-corrected chi connectivity index (χ3v) is 2.51. The van der Waals surface area contributed by atoms with Crippen LogP contribution in [0.3, 0.4) is 0 Å². The summed E-state index contributed by atoms with van der Waals surface area (Å²) in [6, 6.07) is 0. The maximum Gasteiger partial charge on any atom is -0.0144 e. The van der Waals surface area contributed by atoms with Crippen LogP contribution >= 0.6 is 0 Å². The van der Waals surface area contributed by atoms with E-state index in [9.17, 15) is 0 Å². The number of rotatable bonds is 1. The van der Waals surface area contributed by atoms with Crippen molar-refractivity contribution in [3.05, 3.63) is 12.2 Å². The van der Waals surface area contributed by atoms with Crippen molar-refractivity contribution in [1.29, 1.82) is 0 Å². The van der Waals surface area contributed by atoms with Crippen LogP contribution in [-0.4, -0.2) is 0 Å². The molecule has 0 fully saturated rings. The van der Waals surface area contributed by atoms with Gasteiger partial charge in [-0.15, -0.1) is 0 Å². The largest absolute Gasteiger partial charge is 0.0877 e. The normalized spacial score (nSPS) is 31.2.